The summed E-state index contributed by atoms with van der Waals surface area (Å²) >= 11 is 0. The average Bonchev–Trinajstić information content (AvgIpc) is 2.62. The SMILES string of the molecule is Oc1ccc(OCc2ccccc2)nc1OCc1ccccc1. The van der Waals surface area contributed by atoms with Crippen molar-refractivity contribution in [3.63, 3.8) is 0 Å². The lowest BCUT2D eigenvalue weighted by atomic mass is 10.2. The van der Waals surface area contributed by atoms with Gasteiger partial charge < -0.3 is 14.6 Å². The van der Waals surface area contributed by atoms with E-state index >= 15 is 0 Å². The molecule has 0 saturated carbocycles. The number of pyridine rings is 1. The van der Waals surface area contributed by atoms with Crippen LogP contribution in [0.5, 0.6) is 17.5 Å². The number of hydrogen-bond donors (Lipinski definition) is 1. The minimum atomic E-state index is -0.00649. The largest absolute Gasteiger partial charge is 0.503 e. The molecule has 0 aliphatic carbocycles. The van der Waals surface area contributed by atoms with Crippen molar-refractivity contribution >= 4 is 0 Å². The first-order valence-electron chi connectivity index (χ1n) is 7.35. The molecule has 0 aliphatic heterocycles. The molecule has 0 fully saturated rings. The van der Waals surface area contributed by atoms with Crippen LogP contribution in [0.2, 0.25) is 0 Å². The maximum Gasteiger partial charge on any atom is 0.260 e. The summed E-state index contributed by atoms with van der Waals surface area (Å²) in [6, 6.07) is 22.7. The molecule has 1 aromatic heterocycles. The number of aromatic hydroxyl groups is 1. The summed E-state index contributed by atoms with van der Waals surface area (Å²) in [5.41, 5.74) is 2.05. The van der Waals surface area contributed by atoms with Crippen molar-refractivity contribution < 1.29 is 14.6 Å². The van der Waals surface area contributed by atoms with Crippen LogP contribution in [0.15, 0.2) is 72.8 Å². The summed E-state index contributed by atoms with van der Waals surface area (Å²) in [5, 5.41) is 9.86. The van der Waals surface area contributed by atoms with E-state index in [1.807, 2.05) is 60.7 Å². The molecular weight excluding hydrogens is 290 g/mol. The molecule has 0 aliphatic rings. The Morgan fingerprint density at radius 2 is 1.26 bits per heavy atom. The van der Waals surface area contributed by atoms with Crippen LogP contribution in [-0.4, -0.2) is 10.1 Å². The molecule has 0 atom stereocenters. The van der Waals surface area contributed by atoms with E-state index in [2.05, 4.69) is 4.98 Å². The summed E-state index contributed by atoms with van der Waals surface area (Å²) in [7, 11) is 0. The predicted molar refractivity (Wildman–Crippen MR) is 87.4 cm³/mol. The van der Waals surface area contributed by atoms with Crippen LogP contribution in [0.1, 0.15) is 11.1 Å². The van der Waals surface area contributed by atoms with Gasteiger partial charge >= 0.3 is 0 Å². The van der Waals surface area contributed by atoms with Gasteiger partial charge in [-0.1, -0.05) is 60.7 Å². The Kier molecular flexibility index (Phi) is 4.74. The molecule has 0 spiro atoms. The van der Waals surface area contributed by atoms with E-state index in [9.17, 15) is 5.11 Å². The Balaban J connectivity index is 1.64. The Bertz CT molecular complexity index is 745. The summed E-state index contributed by atoms with van der Waals surface area (Å²) < 4.78 is 11.2. The fraction of sp³-hybridized carbons (Fsp3) is 0.105. The van der Waals surface area contributed by atoms with E-state index in [4.69, 9.17) is 9.47 Å². The van der Waals surface area contributed by atoms with E-state index < -0.39 is 0 Å². The number of aromatic nitrogens is 1. The summed E-state index contributed by atoms with van der Waals surface area (Å²) in [6.07, 6.45) is 0. The van der Waals surface area contributed by atoms with Crippen LogP contribution in [0.25, 0.3) is 0 Å². The average molecular weight is 307 g/mol. The normalized spacial score (nSPS) is 10.3. The first-order valence-corrected chi connectivity index (χ1v) is 7.35. The van der Waals surface area contributed by atoms with Gasteiger partial charge in [0.25, 0.3) is 5.88 Å². The van der Waals surface area contributed by atoms with Gasteiger partial charge in [0.05, 0.1) is 0 Å². The van der Waals surface area contributed by atoms with Crippen molar-refractivity contribution in [3.8, 4) is 17.5 Å². The first kappa shape index (κ1) is 14.9. The molecule has 4 heteroatoms. The zero-order valence-electron chi connectivity index (χ0n) is 12.6. The molecule has 2 aromatic carbocycles. The lowest BCUT2D eigenvalue weighted by molar-refractivity contribution is 0.256. The van der Waals surface area contributed by atoms with Gasteiger partial charge in [0.2, 0.25) is 5.88 Å². The van der Waals surface area contributed by atoms with Crippen molar-refractivity contribution in [1.82, 2.24) is 4.98 Å². The highest BCUT2D eigenvalue weighted by Crippen LogP contribution is 2.27. The van der Waals surface area contributed by atoms with E-state index in [0.717, 1.165) is 11.1 Å². The van der Waals surface area contributed by atoms with Crippen LogP contribution >= 0.6 is 0 Å². The molecule has 116 valence electrons. The third-order valence-corrected chi connectivity index (χ3v) is 3.26. The minimum absolute atomic E-state index is 0.00649. The predicted octanol–water partition coefficient (Wildman–Crippen LogP) is 3.95. The first-order chi connectivity index (χ1) is 11.3. The van der Waals surface area contributed by atoms with Crippen LogP contribution in [0, 0.1) is 0 Å². The van der Waals surface area contributed by atoms with Crippen molar-refractivity contribution in [3.05, 3.63) is 83.9 Å². The second-order valence-electron chi connectivity index (χ2n) is 5.02. The molecule has 3 aromatic rings. The van der Waals surface area contributed by atoms with Gasteiger partial charge in [0, 0.05) is 6.07 Å². The van der Waals surface area contributed by atoms with Crippen LogP contribution in [0.3, 0.4) is 0 Å². The van der Waals surface area contributed by atoms with Crippen LogP contribution < -0.4 is 9.47 Å². The second kappa shape index (κ2) is 7.31. The molecule has 0 unspecified atom stereocenters. The van der Waals surface area contributed by atoms with E-state index in [0.29, 0.717) is 19.1 Å². The Hall–Kier alpha value is -3.01. The summed E-state index contributed by atoms with van der Waals surface area (Å²) in [4.78, 5) is 4.21. The van der Waals surface area contributed by atoms with Crippen LogP contribution in [-0.2, 0) is 13.2 Å². The molecule has 23 heavy (non-hydrogen) atoms. The van der Waals surface area contributed by atoms with Crippen molar-refractivity contribution in [2.45, 2.75) is 13.2 Å². The molecule has 3 rings (SSSR count). The number of nitrogens with zero attached hydrogens (tertiary/aromatic N) is 1. The maximum absolute atomic E-state index is 9.86. The van der Waals surface area contributed by atoms with Gasteiger partial charge in [0.15, 0.2) is 5.75 Å². The zero-order chi connectivity index (χ0) is 15.9. The summed E-state index contributed by atoms with van der Waals surface area (Å²) in [5.74, 6) is 0.571. The maximum atomic E-state index is 9.86. The molecule has 0 radical (unpaired) electrons. The fourth-order valence-electron chi connectivity index (χ4n) is 2.06. The second-order valence-corrected chi connectivity index (χ2v) is 5.02. The number of hydrogen-bond acceptors (Lipinski definition) is 4. The third-order valence-electron chi connectivity index (χ3n) is 3.26. The number of benzene rings is 2. The standard InChI is InChI=1S/C19H17NO3/c21-17-11-12-18(22-13-15-7-3-1-4-8-15)20-19(17)23-14-16-9-5-2-6-10-16/h1-12,21H,13-14H2. The molecule has 0 saturated heterocycles. The topological polar surface area (TPSA) is 51.6 Å². The van der Waals surface area contributed by atoms with Gasteiger partial charge in [-0.15, -0.1) is 0 Å². The van der Waals surface area contributed by atoms with Gasteiger partial charge in [-0.05, 0) is 17.2 Å². The molecule has 0 amide bonds. The van der Waals surface area contributed by atoms with Crippen molar-refractivity contribution in [2.24, 2.45) is 0 Å². The molecule has 1 N–H and O–H groups in total. The van der Waals surface area contributed by atoms with Crippen molar-refractivity contribution in [2.75, 3.05) is 0 Å². The quantitative estimate of drug-likeness (QED) is 0.749. The highest BCUT2D eigenvalue weighted by molar-refractivity contribution is 5.35. The monoisotopic (exact) mass is 307 g/mol. The zero-order valence-corrected chi connectivity index (χ0v) is 12.6. The molecule has 1 heterocycles. The Morgan fingerprint density at radius 1 is 0.696 bits per heavy atom. The van der Waals surface area contributed by atoms with Crippen molar-refractivity contribution in [1.29, 1.82) is 0 Å². The highest BCUT2D eigenvalue weighted by atomic mass is 16.5. The smallest absolute Gasteiger partial charge is 0.260 e. The Labute approximate surface area is 135 Å². The lowest BCUT2D eigenvalue weighted by Gasteiger charge is -2.10. The van der Waals surface area contributed by atoms with Gasteiger partial charge in [-0.3, -0.25) is 0 Å². The van der Waals surface area contributed by atoms with Gasteiger partial charge in [-0.25, -0.2) is 0 Å². The Morgan fingerprint density at radius 3 is 1.87 bits per heavy atom. The van der Waals surface area contributed by atoms with Gasteiger partial charge in [-0.2, -0.15) is 4.98 Å². The number of ether oxygens (including phenoxy) is 2. The minimum Gasteiger partial charge on any atom is -0.503 e. The molecular formula is C19H17NO3. The van der Waals surface area contributed by atoms with E-state index in [1.54, 1.807) is 6.07 Å². The van der Waals surface area contributed by atoms with Gasteiger partial charge in [0.1, 0.15) is 13.2 Å². The van der Waals surface area contributed by atoms with E-state index in [-0.39, 0.29) is 11.6 Å². The van der Waals surface area contributed by atoms with Crippen LogP contribution in [0.4, 0.5) is 0 Å². The van der Waals surface area contributed by atoms with E-state index in [1.165, 1.54) is 6.07 Å². The summed E-state index contributed by atoms with van der Waals surface area (Å²) in [6.45, 7) is 0.750. The lowest BCUT2D eigenvalue weighted by Crippen LogP contribution is -2.01. The molecule has 4 nitrogen and oxygen atoms in total. The number of rotatable bonds is 6. The molecule has 0 bridgehead atoms. The third kappa shape index (κ3) is 4.23. The highest BCUT2D eigenvalue weighted by Gasteiger charge is 2.07. The fourth-order valence-corrected chi connectivity index (χ4v) is 2.06.